The van der Waals surface area contributed by atoms with Crippen molar-refractivity contribution in [2.75, 3.05) is 25.1 Å². The molecule has 0 amide bonds. The van der Waals surface area contributed by atoms with E-state index in [9.17, 15) is 0 Å². The van der Waals surface area contributed by atoms with Crippen LogP contribution in [0.15, 0.2) is 60.8 Å². The standard InChI is InChI=1S/C19H18N2O2/c1-22-17-8-4-5-9-18(17)23-15-12-21(13-15)19-16-7-3-2-6-14(16)10-11-20-19/h2-11,15H,12-13H2,1H3. The maximum atomic E-state index is 6.04. The van der Waals surface area contributed by atoms with Crippen molar-refractivity contribution >= 4 is 16.6 Å². The quantitative estimate of drug-likeness (QED) is 0.739. The third-order valence-corrected chi connectivity index (χ3v) is 4.16. The number of pyridine rings is 1. The summed E-state index contributed by atoms with van der Waals surface area (Å²) >= 11 is 0. The molecule has 4 rings (SSSR count). The molecule has 4 nitrogen and oxygen atoms in total. The summed E-state index contributed by atoms with van der Waals surface area (Å²) in [6, 6.07) is 18.1. The summed E-state index contributed by atoms with van der Waals surface area (Å²) in [4.78, 5) is 6.80. The van der Waals surface area contributed by atoms with Crippen LogP contribution in [0, 0.1) is 0 Å². The highest BCUT2D eigenvalue weighted by Crippen LogP contribution is 2.32. The molecule has 0 saturated carbocycles. The van der Waals surface area contributed by atoms with Gasteiger partial charge in [0, 0.05) is 11.6 Å². The highest BCUT2D eigenvalue weighted by molar-refractivity contribution is 5.92. The van der Waals surface area contributed by atoms with Crippen molar-refractivity contribution in [3.8, 4) is 11.5 Å². The Bertz CT molecular complexity index is 823. The van der Waals surface area contributed by atoms with Crippen LogP contribution in [0.3, 0.4) is 0 Å². The monoisotopic (exact) mass is 306 g/mol. The maximum Gasteiger partial charge on any atom is 0.161 e. The second-order valence-corrected chi connectivity index (χ2v) is 5.65. The molecule has 1 fully saturated rings. The van der Waals surface area contributed by atoms with Crippen LogP contribution in [0.25, 0.3) is 10.8 Å². The predicted molar refractivity (Wildman–Crippen MR) is 91.4 cm³/mol. The van der Waals surface area contributed by atoms with Crippen molar-refractivity contribution in [1.29, 1.82) is 0 Å². The Morgan fingerprint density at radius 1 is 0.957 bits per heavy atom. The number of benzene rings is 2. The van der Waals surface area contributed by atoms with E-state index < -0.39 is 0 Å². The molecule has 4 heteroatoms. The third-order valence-electron chi connectivity index (χ3n) is 4.16. The number of fused-ring (bicyclic) bond motifs is 1. The van der Waals surface area contributed by atoms with Crippen molar-refractivity contribution < 1.29 is 9.47 Å². The molecule has 3 aromatic rings. The van der Waals surface area contributed by atoms with Crippen molar-refractivity contribution in [2.45, 2.75) is 6.10 Å². The Morgan fingerprint density at radius 2 is 1.70 bits per heavy atom. The van der Waals surface area contributed by atoms with Gasteiger partial charge in [-0.25, -0.2) is 4.98 Å². The van der Waals surface area contributed by atoms with Gasteiger partial charge < -0.3 is 14.4 Å². The average Bonchev–Trinajstić information content (AvgIpc) is 2.58. The van der Waals surface area contributed by atoms with Crippen LogP contribution in [0.4, 0.5) is 5.82 Å². The molecule has 1 aromatic heterocycles. The molecule has 1 aliphatic rings. The van der Waals surface area contributed by atoms with Gasteiger partial charge in [0.15, 0.2) is 11.5 Å². The number of methoxy groups -OCH3 is 1. The zero-order chi connectivity index (χ0) is 15.6. The molecule has 2 aromatic carbocycles. The summed E-state index contributed by atoms with van der Waals surface area (Å²) in [7, 11) is 1.66. The van der Waals surface area contributed by atoms with Gasteiger partial charge in [0.2, 0.25) is 0 Å². The van der Waals surface area contributed by atoms with Gasteiger partial charge in [-0.3, -0.25) is 0 Å². The Morgan fingerprint density at radius 3 is 2.52 bits per heavy atom. The number of para-hydroxylation sites is 2. The molecular formula is C19H18N2O2. The summed E-state index contributed by atoms with van der Waals surface area (Å²) in [5.41, 5.74) is 0. The van der Waals surface area contributed by atoms with Crippen molar-refractivity contribution in [3.05, 3.63) is 60.8 Å². The minimum absolute atomic E-state index is 0.159. The lowest BCUT2D eigenvalue weighted by molar-refractivity contribution is 0.161. The van der Waals surface area contributed by atoms with Gasteiger partial charge in [0.05, 0.1) is 20.2 Å². The number of hydrogen-bond donors (Lipinski definition) is 0. The molecule has 116 valence electrons. The predicted octanol–water partition coefficient (Wildman–Crippen LogP) is 3.51. The summed E-state index contributed by atoms with van der Waals surface area (Å²) < 4.78 is 11.4. The van der Waals surface area contributed by atoms with E-state index in [1.165, 1.54) is 10.8 Å². The van der Waals surface area contributed by atoms with Crippen molar-refractivity contribution in [2.24, 2.45) is 0 Å². The van der Waals surface area contributed by atoms with Crippen LogP contribution in [0.2, 0.25) is 0 Å². The van der Waals surface area contributed by atoms with E-state index in [0.717, 1.165) is 30.4 Å². The lowest BCUT2D eigenvalue weighted by Gasteiger charge is -2.40. The number of anilines is 1. The van der Waals surface area contributed by atoms with Gasteiger partial charge in [-0.05, 0) is 23.6 Å². The number of hydrogen-bond acceptors (Lipinski definition) is 4. The van der Waals surface area contributed by atoms with Crippen molar-refractivity contribution in [1.82, 2.24) is 4.98 Å². The smallest absolute Gasteiger partial charge is 0.161 e. The van der Waals surface area contributed by atoms with Gasteiger partial charge in [-0.1, -0.05) is 36.4 Å². The molecule has 0 atom stereocenters. The van der Waals surface area contributed by atoms with E-state index in [-0.39, 0.29) is 6.10 Å². The van der Waals surface area contributed by atoms with Crippen LogP contribution in [0.1, 0.15) is 0 Å². The Hall–Kier alpha value is -2.75. The molecule has 0 unspecified atom stereocenters. The van der Waals surface area contributed by atoms with Crippen LogP contribution in [-0.2, 0) is 0 Å². The minimum Gasteiger partial charge on any atom is -0.493 e. The van der Waals surface area contributed by atoms with Gasteiger partial charge in [0.25, 0.3) is 0 Å². The number of ether oxygens (including phenoxy) is 2. The van der Waals surface area contributed by atoms with Gasteiger partial charge in [0.1, 0.15) is 11.9 Å². The highest BCUT2D eigenvalue weighted by atomic mass is 16.5. The second kappa shape index (κ2) is 5.80. The van der Waals surface area contributed by atoms with Gasteiger partial charge in [-0.15, -0.1) is 0 Å². The first-order valence-corrected chi connectivity index (χ1v) is 7.73. The fourth-order valence-electron chi connectivity index (χ4n) is 2.94. The summed E-state index contributed by atoms with van der Waals surface area (Å²) in [5.74, 6) is 2.60. The maximum absolute atomic E-state index is 6.04. The molecule has 0 spiro atoms. The summed E-state index contributed by atoms with van der Waals surface area (Å²) in [6.45, 7) is 1.66. The first kappa shape index (κ1) is 13.9. The summed E-state index contributed by atoms with van der Waals surface area (Å²) in [6.07, 6.45) is 2.03. The highest BCUT2D eigenvalue weighted by Gasteiger charge is 2.31. The van der Waals surface area contributed by atoms with Gasteiger partial charge in [-0.2, -0.15) is 0 Å². The largest absolute Gasteiger partial charge is 0.493 e. The Labute approximate surface area is 135 Å². The SMILES string of the molecule is COc1ccccc1OC1CN(c2nccc3ccccc23)C1. The van der Waals surface area contributed by atoms with Crippen LogP contribution < -0.4 is 14.4 Å². The Balaban J connectivity index is 1.49. The third kappa shape index (κ3) is 2.57. The molecular weight excluding hydrogens is 288 g/mol. The van der Waals surface area contributed by atoms with Crippen LogP contribution in [-0.4, -0.2) is 31.3 Å². The van der Waals surface area contributed by atoms with E-state index in [1.807, 2.05) is 36.5 Å². The summed E-state index contributed by atoms with van der Waals surface area (Å²) in [5, 5.41) is 2.40. The zero-order valence-electron chi connectivity index (χ0n) is 13.0. The first-order chi connectivity index (χ1) is 11.3. The van der Waals surface area contributed by atoms with E-state index in [4.69, 9.17) is 9.47 Å². The Kier molecular flexibility index (Phi) is 3.50. The number of rotatable bonds is 4. The van der Waals surface area contributed by atoms with E-state index in [1.54, 1.807) is 7.11 Å². The topological polar surface area (TPSA) is 34.6 Å². The molecule has 2 heterocycles. The molecule has 23 heavy (non-hydrogen) atoms. The first-order valence-electron chi connectivity index (χ1n) is 7.73. The minimum atomic E-state index is 0.159. The second-order valence-electron chi connectivity index (χ2n) is 5.65. The molecule has 0 aliphatic carbocycles. The fraction of sp³-hybridized carbons (Fsp3) is 0.211. The molecule has 1 saturated heterocycles. The lowest BCUT2D eigenvalue weighted by Crippen LogP contribution is -2.54. The molecule has 1 aliphatic heterocycles. The van der Waals surface area contributed by atoms with E-state index >= 15 is 0 Å². The van der Waals surface area contributed by atoms with Crippen molar-refractivity contribution in [3.63, 3.8) is 0 Å². The van der Waals surface area contributed by atoms with E-state index in [0.29, 0.717) is 0 Å². The fourth-order valence-corrected chi connectivity index (χ4v) is 2.94. The van der Waals surface area contributed by atoms with Gasteiger partial charge >= 0.3 is 0 Å². The normalized spacial score (nSPS) is 14.6. The number of aromatic nitrogens is 1. The molecule has 0 radical (unpaired) electrons. The lowest BCUT2D eigenvalue weighted by atomic mass is 10.1. The zero-order valence-corrected chi connectivity index (χ0v) is 13.0. The number of nitrogens with zero attached hydrogens (tertiary/aromatic N) is 2. The van der Waals surface area contributed by atoms with Crippen LogP contribution >= 0.6 is 0 Å². The average molecular weight is 306 g/mol. The molecule has 0 bridgehead atoms. The molecule has 0 N–H and O–H groups in total. The van der Waals surface area contributed by atoms with E-state index in [2.05, 4.69) is 34.1 Å². The van der Waals surface area contributed by atoms with Crippen LogP contribution in [0.5, 0.6) is 11.5 Å².